The Balaban J connectivity index is 1.96. The van der Waals surface area contributed by atoms with Gasteiger partial charge in [-0.3, -0.25) is 9.79 Å². The molecule has 0 radical (unpaired) electrons. The van der Waals surface area contributed by atoms with E-state index in [1.165, 1.54) is 19.2 Å². The van der Waals surface area contributed by atoms with Crippen LogP contribution in [0.15, 0.2) is 78.9 Å². The van der Waals surface area contributed by atoms with Crippen LogP contribution < -0.4 is 9.26 Å². The molecule has 0 saturated heterocycles. The van der Waals surface area contributed by atoms with Crippen molar-refractivity contribution >= 4 is 25.1 Å². The summed E-state index contributed by atoms with van der Waals surface area (Å²) in [7, 11) is -3.16. The highest BCUT2D eigenvalue weighted by Crippen LogP contribution is 2.39. The Morgan fingerprint density at radius 3 is 1.89 bits per heavy atom. The molecule has 0 spiro atoms. The summed E-state index contributed by atoms with van der Waals surface area (Å²) in [6, 6.07) is 24.1. The maximum absolute atomic E-state index is 11.2. The van der Waals surface area contributed by atoms with Crippen LogP contribution in [0.4, 0.5) is 4.79 Å². The average molecular weight is 497 g/mol. The summed E-state index contributed by atoms with van der Waals surface area (Å²) >= 11 is 0. The standard InChI is InChI=1S/C26H28NO7P/c1-3-24(19-7-5-4-6-8-19)25(21-11-15-23(16-12-21)34-35(30,31)32)20-9-13-22(14-10-20)33-18-17-27(2)26(28)29/h4-16H,3,17-18H2,1-2H3,(H,28,29)(H2,30,31,32)/b25-24+. The fraction of sp³-hybridized carbons (Fsp3) is 0.192. The molecule has 0 aliphatic carbocycles. The quantitative estimate of drug-likeness (QED) is 0.250. The van der Waals surface area contributed by atoms with E-state index in [0.717, 1.165) is 39.2 Å². The van der Waals surface area contributed by atoms with Crippen LogP contribution in [0.3, 0.4) is 0 Å². The first-order chi connectivity index (χ1) is 16.7. The first-order valence-electron chi connectivity index (χ1n) is 11.0. The van der Waals surface area contributed by atoms with Crippen LogP contribution in [0.2, 0.25) is 0 Å². The summed E-state index contributed by atoms with van der Waals surface area (Å²) in [6.07, 6.45) is -0.260. The minimum atomic E-state index is -4.65. The van der Waals surface area contributed by atoms with Gasteiger partial charge >= 0.3 is 13.9 Å². The molecule has 1 amide bonds. The average Bonchev–Trinajstić information content (AvgIpc) is 2.83. The molecule has 35 heavy (non-hydrogen) atoms. The van der Waals surface area contributed by atoms with Gasteiger partial charge < -0.3 is 19.3 Å². The zero-order valence-corrected chi connectivity index (χ0v) is 20.4. The molecule has 3 rings (SSSR count). The lowest BCUT2D eigenvalue weighted by Crippen LogP contribution is -2.29. The molecule has 0 saturated carbocycles. The Bertz CT molecular complexity index is 1200. The molecular formula is C26H28NO7P. The van der Waals surface area contributed by atoms with Crippen LogP contribution in [0, 0.1) is 0 Å². The van der Waals surface area contributed by atoms with E-state index in [-0.39, 0.29) is 18.9 Å². The summed E-state index contributed by atoms with van der Waals surface area (Å²) < 4.78 is 21.6. The largest absolute Gasteiger partial charge is 0.524 e. The molecule has 3 aromatic carbocycles. The highest BCUT2D eigenvalue weighted by Gasteiger charge is 2.17. The fourth-order valence-corrected chi connectivity index (χ4v) is 4.01. The maximum atomic E-state index is 11.2. The molecule has 0 aliphatic heterocycles. The molecule has 0 bridgehead atoms. The van der Waals surface area contributed by atoms with E-state index in [2.05, 4.69) is 6.92 Å². The van der Waals surface area contributed by atoms with Crippen LogP contribution in [-0.4, -0.2) is 46.1 Å². The molecule has 0 aliphatic rings. The van der Waals surface area contributed by atoms with Crippen molar-refractivity contribution in [3.8, 4) is 11.5 Å². The van der Waals surface area contributed by atoms with Crippen molar-refractivity contribution in [2.75, 3.05) is 20.2 Å². The molecular weight excluding hydrogens is 469 g/mol. The molecule has 184 valence electrons. The smallest absolute Gasteiger partial charge is 0.492 e. The topological polar surface area (TPSA) is 117 Å². The van der Waals surface area contributed by atoms with Gasteiger partial charge in [-0.15, -0.1) is 0 Å². The van der Waals surface area contributed by atoms with Gasteiger partial charge in [-0.05, 0) is 58.5 Å². The Labute approximate surface area is 204 Å². The lowest BCUT2D eigenvalue weighted by atomic mass is 9.88. The van der Waals surface area contributed by atoms with Gasteiger partial charge in [0.25, 0.3) is 0 Å². The Hall–Kier alpha value is -3.58. The van der Waals surface area contributed by atoms with Crippen LogP contribution in [0.1, 0.15) is 30.0 Å². The van der Waals surface area contributed by atoms with E-state index in [1.54, 1.807) is 12.1 Å². The molecule has 0 fully saturated rings. The van der Waals surface area contributed by atoms with Crippen molar-refractivity contribution in [2.45, 2.75) is 13.3 Å². The Morgan fingerprint density at radius 2 is 1.40 bits per heavy atom. The third kappa shape index (κ3) is 7.45. The number of amides is 1. The summed E-state index contributed by atoms with van der Waals surface area (Å²) in [5, 5.41) is 8.95. The molecule has 0 atom stereocenters. The molecule has 8 nitrogen and oxygen atoms in total. The van der Waals surface area contributed by atoms with Crippen molar-refractivity contribution < 1.29 is 33.5 Å². The SMILES string of the molecule is CC/C(=C(/c1ccc(OCCN(C)C(=O)O)cc1)c1ccc(OP(=O)(O)O)cc1)c1ccccc1. The maximum Gasteiger partial charge on any atom is 0.524 e. The van der Waals surface area contributed by atoms with Crippen molar-refractivity contribution in [3.05, 3.63) is 95.6 Å². The number of benzene rings is 3. The van der Waals surface area contributed by atoms with Gasteiger partial charge in [0.2, 0.25) is 0 Å². The van der Waals surface area contributed by atoms with Gasteiger partial charge in [-0.2, -0.15) is 0 Å². The molecule has 9 heteroatoms. The second kappa shape index (κ2) is 11.7. The highest BCUT2D eigenvalue weighted by molar-refractivity contribution is 7.46. The van der Waals surface area contributed by atoms with E-state index in [4.69, 9.17) is 24.2 Å². The zero-order valence-electron chi connectivity index (χ0n) is 19.5. The lowest BCUT2D eigenvalue weighted by molar-refractivity contribution is 0.147. The van der Waals surface area contributed by atoms with Gasteiger partial charge in [0, 0.05) is 7.05 Å². The van der Waals surface area contributed by atoms with Crippen LogP contribution in [0.25, 0.3) is 11.1 Å². The summed E-state index contributed by atoms with van der Waals surface area (Å²) in [6.45, 7) is 2.55. The van der Waals surface area contributed by atoms with Gasteiger partial charge in [0.15, 0.2) is 0 Å². The van der Waals surface area contributed by atoms with E-state index in [1.807, 2.05) is 54.6 Å². The number of carboxylic acid groups (broad SMARTS) is 1. The number of likely N-dealkylation sites (N-methyl/N-ethyl adjacent to an activating group) is 1. The molecule has 0 aromatic heterocycles. The van der Waals surface area contributed by atoms with Crippen molar-refractivity contribution in [1.29, 1.82) is 0 Å². The second-order valence-electron chi connectivity index (χ2n) is 7.76. The Kier molecular flexibility index (Phi) is 8.71. The predicted octanol–water partition coefficient (Wildman–Crippen LogP) is 5.52. The van der Waals surface area contributed by atoms with Gasteiger partial charge in [0.1, 0.15) is 18.1 Å². The fourth-order valence-electron chi connectivity index (χ4n) is 3.61. The predicted molar refractivity (Wildman–Crippen MR) is 134 cm³/mol. The first kappa shape index (κ1) is 26.0. The number of rotatable bonds is 10. The zero-order chi connectivity index (χ0) is 25.4. The minimum absolute atomic E-state index is 0.0780. The van der Waals surface area contributed by atoms with Crippen LogP contribution >= 0.6 is 7.82 Å². The number of ether oxygens (including phenoxy) is 1. The van der Waals surface area contributed by atoms with Crippen LogP contribution in [-0.2, 0) is 4.57 Å². The summed E-state index contributed by atoms with van der Waals surface area (Å²) in [5.41, 5.74) is 4.94. The van der Waals surface area contributed by atoms with Gasteiger partial charge in [-0.1, -0.05) is 61.5 Å². The molecule has 0 unspecified atom stereocenters. The van der Waals surface area contributed by atoms with E-state index >= 15 is 0 Å². The van der Waals surface area contributed by atoms with E-state index in [0.29, 0.717) is 5.75 Å². The third-order valence-corrected chi connectivity index (χ3v) is 5.76. The molecule has 0 heterocycles. The van der Waals surface area contributed by atoms with Crippen molar-refractivity contribution in [2.24, 2.45) is 0 Å². The number of carbonyl (C=O) groups is 1. The third-order valence-electron chi connectivity index (χ3n) is 5.31. The van der Waals surface area contributed by atoms with Gasteiger partial charge in [-0.25, -0.2) is 9.36 Å². The molecule has 3 N–H and O–H groups in total. The number of nitrogens with zero attached hydrogens (tertiary/aromatic N) is 1. The first-order valence-corrected chi connectivity index (χ1v) is 12.5. The highest BCUT2D eigenvalue weighted by atomic mass is 31.2. The van der Waals surface area contributed by atoms with Gasteiger partial charge in [0.05, 0.1) is 6.54 Å². The van der Waals surface area contributed by atoms with E-state index < -0.39 is 13.9 Å². The minimum Gasteiger partial charge on any atom is -0.492 e. The monoisotopic (exact) mass is 497 g/mol. The number of allylic oxidation sites excluding steroid dienone is 1. The number of hydrogen-bond acceptors (Lipinski definition) is 4. The van der Waals surface area contributed by atoms with Crippen molar-refractivity contribution in [1.82, 2.24) is 4.90 Å². The Morgan fingerprint density at radius 1 is 0.857 bits per heavy atom. The number of hydrogen-bond donors (Lipinski definition) is 3. The van der Waals surface area contributed by atoms with Crippen molar-refractivity contribution in [3.63, 3.8) is 0 Å². The summed E-state index contributed by atoms with van der Waals surface area (Å²) in [5.74, 6) is 0.698. The second-order valence-corrected chi connectivity index (χ2v) is 8.92. The number of phosphoric acid groups is 1. The van der Waals surface area contributed by atoms with E-state index in [9.17, 15) is 9.36 Å². The van der Waals surface area contributed by atoms with Crippen LogP contribution in [0.5, 0.6) is 11.5 Å². The summed E-state index contributed by atoms with van der Waals surface area (Å²) in [4.78, 5) is 30.2. The molecule has 3 aromatic rings. The normalized spacial score (nSPS) is 12.0. The lowest BCUT2D eigenvalue weighted by Gasteiger charge is -2.18. The number of phosphoric ester groups is 1.